The molecule has 3 aliphatic rings. The monoisotopic (exact) mass is 689 g/mol. The predicted molar refractivity (Wildman–Crippen MR) is 174 cm³/mol. The molecule has 1 unspecified atom stereocenters. The van der Waals surface area contributed by atoms with Gasteiger partial charge in [0.1, 0.15) is 22.1 Å². The molecule has 2 aliphatic carbocycles. The second kappa shape index (κ2) is 11.1. The molecule has 2 amide bonds. The smallest absolute Gasteiger partial charge is 0.408 e. The molecule has 0 radical (unpaired) electrons. The number of halogens is 2. The minimum Gasteiger partial charge on any atom is -0.474 e. The molecule has 1 aliphatic heterocycles. The Hall–Kier alpha value is -3.99. The van der Waals surface area contributed by atoms with E-state index in [1.807, 2.05) is 68.3 Å². The maximum Gasteiger partial charge on any atom is 0.408 e. The summed E-state index contributed by atoms with van der Waals surface area (Å²) in [5, 5.41) is 7.65. The molecule has 0 bridgehead atoms. The molecule has 46 heavy (non-hydrogen) atoms. The van der Waals surface area contributed by atoms with Gasteiger partial charge in [-0.1, -0.05) is 0 Å². The molecule has 3 aromatic heterocycles. The molecule has 3 fully saturated rings. The number of hydrogen-bond donors (Lipinski definition) is 1. The molecule has 9 nitrogen and oxygen atoms in total. The summed E-state index contributed by atoms with van der Waals surface area (Å²) in [6, 6.07) is 15.7. The van der Waals surface area contributed by atoms with Crippen molar-refractivity contribution >= 4 is 33.4 Å². The predicted octanol–water partition coefficient (Wildman–Crippen LogP) is 7.08. The van der Waals surface area contributed by atoms with Gasteiger partial charge < -0.3 is 19.7 Å². The molecule has 1 aromatic carbocycles. The average molecular weight is 691 g/mol. The number of ether oxygens (including phenoxy) is 2. The van der Waals surface area contributed by atoms with Gasteiger partial charge in [-0.05, 0) is 117 Å². The van der Waals surface area contributed by atoms with Crippen LogP contribution in [0.25, 0.3) is 16.8 Å². The van der Waals surface area contributed by atoms with Crippen LogP contribution in [0.5, 0.6) is 5.88 Å². The summed E-state index contributed by atoms with van der Waals surface area (Å²) in [6.07, 6.45) is 1.71. The molecule has 3 atom stereocenters. The van der Waals surface area contributed by atoms with Crippen molar-refractivity contribution in [3.63, 3.8) is 0 Å². The van der Waals surface area contributed by atoms with E-state index < -0.39 is 17.2 Å². The molecular weight excluding hydrogens is 653 g/mol. The third-order valence-corrected chi connectivity index (χ3v) is 9.48. The lowest BCUT2D eigenvalue weighted by Crippen LogP contribution is -2.43. The Morgan fingerprint density at radius 3 is 2.33 bits per heavy atom. The molecule has 4 heterocycles. The van der Waals surface area contributed by atoms with Gasteiger partial charge in [0.05, 0.1) is 22.4 Å². The van der Waals surface area contributed by atoms with Gasteiger partial charge in [-0.15, -0.1) is 0 Å². The highest BCUT2D eigenvalue weighted by Gasteiger charge is 2.59. The van der Waals surface area contributed by atoms with Crippen molar-refractivity contribution in [1.82, 2.24) is 24.8 Å². The van der Waals surface area contributed by atoms with Crippen LogP contribution in [-0.4, -0.2) is 56.3 Å². The lowest BCUT2D eigenvalue weighted by atomic mass is 9.93. The number of carbonyl (C=O) groups is 2. The Bertz CT molecular complexity index is 1830. The first-order valence-corrected chi connectivity index (χ1v) is 16.5. The number of aromatic nitrogens is 3. The maximum absolute atomic E-state index is 13.7. The van der Waals surface area contributed by atoms with Crippen LogP contribution in [0.3, 0.4) is 0 Å². The van der Waals surface area contributed by atoms with Gasteiger partial charge in [-0.25, -0.2) is 18.7 Å². The number of piperidine rings is 1. The van der Waals surface area contributed by atoms with Crippen molar-refractivity contribution in [1.29, 1.82) is 0 Å². The molecule has 1 N–H and O–H groups in total. The largest absolute Gasteiger partial charge is 0.474 e. The van der Waals surface area contributed by atoms with E-state index in [4.69, 9.17) is 19.6 Å². The second-order valence-electron chi connectivity index (χ2n) is 14.2. The van der Waals surface area contributed by atoms with E-state index >= 15 is 0 Å². The van der Waals surface area contributed by atoms with Gasteiger partial charge in [0.15, 0.2) is 0 Å². The van der Waals surface area contributed by atoms with Gasteiger partial charge in [0.25, 0.3) is 5.91 Å². The Balaban J connectivity index is 1.07. The van der Waals surface area contributed by atoms with Crippen LogP contribution in [0.2, 0.25) is 0 Å². The molecule has 7 rings (SSSR count). The highest BCUT2D eigenvalue weighted by Crippen LogP contribution is 2.48. The number of rotatable bonds is 7. The topological polar surface area (TPSA) is 98.1 Å². The maximum atomic E-state index is 13.7. The summed E-state index contributed by atoms with van der Waals surface area (Å²) >= 11 is 3.60. The highest BCUT2D eigenvalue weighted by atomic mass is 79.9. The third kappa shape index (κ3) is 6.21. The lowest BCUT2D eigenvalue weighted by Gasteiger charge is -2.29. The molecule has 240 valence electrons. The fourth-order valence-electron chi connectivity index (χ4n) is 6.24. The van der Waals surface area contributed by atoms with E-state index in [1.54, 1.807) is 12.1 Å². The zero-order valence-corrected chi connectivity index (χ0v) is 28.1. The van der Waals surface area contributed by atoms with Crippen molar-refractivity contribution < 1.29 is 23.5 Å². The van der Waals surface area contributed by atoms with E-state index in [0.29, 0.717) is 36.1 Å². The number of alkyl carbamates (subject to hydrolysis) is 1. The lowest BCUT2D eigenvalue weighted by molar-refractivity contribution is 0.0469. The normalized spacial score (nSPS) is 20.8. The summed E-state index contributed by atoms with van der Waals surface area (Å²) in [5.74, 6) is 0.989. The van der Waals surface area contributed by atoms with E-state index in [9.17, 15) is 14.0 Å². The summed E-state index contributed by atoms with van der Waals surface area (Å²) in [6.45, 7) is 10.4. The number of fused-ring (bicyclic) bond motifs is 2. The number of nitrogens with zero attached hydrogens (tertiary/aromatic N) is 4. The van der Waals surface area contributed by atoms with E-state index in [-0.39, 0.29) is 29.7 Å². The van der Waals surface area contributed by atoms with Gasteiger partial charge >= 0.3 is 6.09 Å². The minimum atomic E-state index is -0.828. The van der Waals surface area contributed by atoms with Crippen molar-refractivity contribution in [3.05, 3.63) is 81.8 Å². The van der Waals surface area contributed by atoms with Crippen LogP contribution in [0, 0.1) is 17.7 Å². The SMILES string of the molecule is CC(C)(C)OC(=O)NC(C)(C)c1cc(OC2[C@H]3CN(C(=O)c4cc(Br)n5nc(C6CC6)cc5c4)C[C@@H]23)nc(-c2ccc(F)cc2)c1. The van der Waals surface area contributed by atoms with Crippen molar-refractivity contribution in [2.75, 3.05) is 13.1 Å². The number of carbonyl (C=O) groups excluding carboxylic acids is 2. The summed E-state index contributed by atoms with van der Waals surface area (Å²) in [5.41, 5.74) is 3.24. The number of amides is 2. The second-order valence-corrected chi connectivity index (χ2v) is 15.0. The van der Waals surface area contributed by atoms with Gasteiger partial charge in [-0.2, -0.15) is 5.10 Å². The molecule has 2 saturated carbocycles. The van der Waals surface area contributed by atoms with Crippen molar-refractivity contribution in [2.24, 2.45) is 11.8 Å². The van der Waals surface area contributed by atoms with Crippen LogP contribution >= 0.6 is 15.9 Å². The Labute approximate surface area is 275 Å². The fraction of sp³-hybridized carbons (Fsp3) is 0.429. The highest BCUT2D eigenvalue weighted by molar-refractivity contribution is 9.10. The van der Waals surface area contributed by atoms with Crippen LogP contribution < -0.4 is 10.1 Å². The first-order valence-electron chi connectivity index (χ1n) is 15.7. The Morgan fingerprint density at radius 1 is 0.978 bits per heavy atom. The standard InChI is InChI=1S/C35H37BrFN5O4/c1-34(2,3)46-33(44)39-35(4,5)22-14-27(19-8-10-23(37)11-9-19)38-30(15-22)45-31-25-17-41(18-26(25)31)32(43)21-12-24-16-28(20-6-7-20)40-42(24)29(36)13-21/h8-16,20,25-26,31H,6-7,17-18H2,1-5H3,(H,39,44)/t25-,26+,31?. The van der Waals surface area contributed by atoms with Crippen LogP contribution in [-0.2, 0) is 10.3 Å². The molecule has 1 saturated heterocycles. The minimum absolute atomic E-state index is 0.00277. The summed E-state index contributed by atoms with van der Waals surface area (Å²) in [4.78, 5) is 32.9. The zero-order chi connectivity index (χ0) is 32.5. The Morgan fingerprint density at radius 2 is 1.67 bits per heavy atom. The zero-order valence-electron chi connectivity index (χ0n) is 26.5. The quantitative estimate of drug-likeness (QED) is 0.208. The van der Waals surface area contributed by atoms with Crippen molar-refractivity contribution in [2.45, 2.75) is 70.6 Å². The summed E-state index contributed by atoms with van der Waals surface area (Å²) < 4.78 is 28.3. The van der Waals surface area contributed by atoms with Crippen LogP contribution in [0.1, 0.15) is 75.0 Å². The molecule has 0 spiro atoms. The first-order chi connectivity index (χ1) is 21.7. The van der Waals surface area contributed by atoms with Crippen LogP contribution in [0.15, 0.2) is 59.2 Å². The number of pyridine rings is 2. The van der Waals surface area contributed by atoms with Gasteiger partial charge in [0, 0.05) is 48.0 Å². The van der Waals surface area contributed by atoms with Gasteiger partial charge in [0.2, 0.25) is 5.88 Å². The average Bonchev–Trinajstić information content (AvgIpc) is 3.82. The molecular formula is C35H37BrFN5O4. The van der Waals surface area contributed by atoms with Gasteiger partial charge in [-0.3, -0.25) is 4.79 Å². The number of likely N-dealkylation sites (tertiary alicyclic amines) is 1. The first kappa shape index (κ1) is 30.7. The Kier molecular flexibility index (Phi) is 7.38. The molecule has 4 aromatic rings. The number of benzene rings is 1. The third-order valence-electron chi connectivity index (χ3n) is 8.92. The molecule has 11 heteroatoms. The number of nitrogens with one attached hydrogen (secondary N) is 1. The van der Waals surface area contributed by atoms with Crippen LogP contribution in [0.4, 0.5) is 9.18 Å². The van der Waals surface area contributed by atoms with E-state index in [2.05, 4.69) is 27.3 Å². The van der Waals surface area contributed by atoms with E-state index in [1.165, 1.54) is 25.0 Å². The van der Waals surface area contributed by atoms with E-state index in [0.717, 1.165) is 26.9 Å². The van der Waals surface area contributed by atoms with Crippen molar-refractivity contribution in [3.8, 4) is 17.1 Å². The fourth-order valence-corrected chi connectivity index (χ4v) is 6.77. The summed E-state index contributed by atoms with van der Waals surface area (Å²) in [7, 11) is 0. The number of hydrogen-bond acceptors (Lipinski definition) is 6.